The minimum atomic E-state index is -1.02. The molecule has 0 unspecified atom stereocenters. The van der Waals surface area contributed by atoms with Gasteiger partial charge in [0, 0.05) is 5.56 Å². The smallest absolute Gasteiger partial charge is 0.306 e. The first-order valence-electron chi connectivity index (χ1n) is 6.25. The number of hydrogen-bond donors (Lipinski definition) is 2. The molecule has 0 aliphatic carbocycles. The number of carboxylic acids is 1. The highest BCUT2D eigenvalue weighted by molar-refractivity contribution is 6.02. The summed E-state index contributed by atoms with van der Waals surface area (Å²) in [5.41, 5.74) is 2.55. The summed E-state index contributed by atoms with van der Waals surface area (Å²) in [6.07, 6.45) is -0.270. The Hall–Kier alpha value is -2.63. The summed E-state index contributed by atoms with van der Waals surface area (Å²) in [6.45, 7) is 1.84. The van der Waals surface area contributed by atoms with E-state index in [1.807, 2.05) is 37.3 Å². The van der Waals surface area contributed by atoms with Crippen LogP contribution in [0, 0.1) is 6.92 Å². The Morgan fingerprint density at radius 2 is 2.10 bits per heavy atom. The van der Waals surface area contributed by atoms with E-state index in [0.29, 0.717) is 5.82 Å². The molecule has 1 aromatic carbocycles. The number of anilines is 1. The van der Waals surface area contributed by atoms with Crippen LogP contribution in [0.4, 0.5) is 5.82 Å². The fourth-order valence-corrected chi connectivity index (χ4v) is 2.50. The van der Waals surface area contributed by atoms with Gasteiger partial charge in [-0.15, -0.1) is 0 Å². The van der Waals surface area contributed by atoms with Gasteiger partial charge in [-0.05, 0) is 12.5 Å². The third-order valence-corrected chi connectivity index (χ3v) is 3.36. The van der Waals surface area contributed by atoms with Crippen molar-refractivity contribution in [1.29, 1.82) is 0 Å². The van der Waals surface area contributed by atoms with E-state index in [2.05, 4.69) is 10.4 Å². The maximum absolute atomic E-state index is 11.9. The maximum Gasteiger partial charge on any atom is 0.306 e. The molecule has 6 nitrogen and oxygen atoms in total. The normalized spacial score (nSPS) is 16.9. The Balaban J connectivity index is 2.09. The van der Waals surface area contributed by atoms with E-state index in [-0.39, 0.29) is 12.3 Å². The highest BCUT2D eigenvalue weighted by Crippen LogP contribution is 2.37. The van der Waals surface area contributed by atoms with Crippen LogP contribution in [0.2, 0.25) is 0 Å². The van der Waals surface area contributed by atoms with E-state index in [9.17, 15) is 9.59 Å². The second-order valence-electron chi connectivity index (χ2n) is 4.72. The highest BCUT2D eigenvalue weighted by Gasteiger charge is 2.36. The van der Waals surface area contributed by atoms with E-state index in [1.165, 1.54) is 4.68 Å². The number of carbonyl (C=O) groups excluding carboxylic acids is 1. The predicted molar refractivity (Wildman–Crippen MR) is 72.3 cm³/mol. The van der Waals surface area contributed by atoms with Gasteiger partial charge in [0.1, 0.15) is 11.9 Å². The monoisotopic (exact) mass is 271 g/mol. The average molecular weight is 271 g/mol. The third kappa shape index (κ3) is 1.85. The highest BCUT2D eigenvalue weighted by atomic mass is 16.4. The van der Waals surface area contributed by atoms with E-state index in [0.717, 1.165) is 16.8 Å². The number of carbonyl (C=O) groups is 2. The van der Waals surface area contributed by atoms with Crippen molar-refractivity contribution in [3.8, 4) is 11.1 Å². The minimum absolute atomic E-state index is 0.270. The first kappa shape index (κ1) is 12.4. The zero-order valence-corrected chi connectivity index (χ0v) is 10.8. The molecule has 1 aliphatic heterocycles. The van der Waals surface area contributed by atoms with Gasteiger partial charge in [-0.1, -0.05) is 30.3 Å². The Labute approximate surface area is 115 Å². The molecule has 1 aliphatic rings. The molecule has 102 valence electrons. The quantitative estimate of drug-likeness (QED) is 0.891. The number of rotatable bonds is 3. The predicted octanol–water partition coefficient (Wildman–Crippen LogP) is 1.83. The Kier molecular flexibility index (Phi) is 2.78. The molecule has 0 saturated heterocycles. The number of aryl methyl sites for hydroxylation is 1. The lowest BCUT2D eigenvalue weighted by Gasteiger charge is -2.04. The fourth-order valence-electron chi connectivity index (χ4n) is 2.50. The molecular formula is C14H13N3O3. The number of aromatic nitrogens is 2. The first-order chi connectivity index (χ1) is 9.58. The van der Waals surface area contributed by atoms with Gasteiger partial charge in [-0.25, -0.2) is 4.68 Å². The van der Waals surface area contributed by atoms with Crippen molar-refractivity contribution in [3.63, 3.8) is 0 Å². The summed E-state index contributed by atoms with van der Waals surface area (Å²) in [4.78, 5) is 22.7. The van der Waals surface area contributed by atoms with Gasteiger partial charge in [-0.2, -0.15) is 5.10 Å². The van der Waals surface area contributed by atoms with E-state index >= 15 is 0 Å². The number of nitrogens with zero attached hydrogens (tertiary/aromatic N) is 2. The molecule has 6 heteroatoms. The molecule has 1 atom stereocenters. The molecule has 0 saturated carbocycles. The van der Waals surface area contributed by atoms with Gasteiger partial charge in [0.25, 0.3) is 5.91 Å². The van der Waals surface area contributed by atoms with Crippen molar-refractivity contribution >= 4 is 17.7 Å². The number of fused-ring (bicyclic) bond motifs is 1. The average Bonchev–Trinajstić information content (AvgIpc) is 2.86. The van der Waals surface area contributed by atoms with Gasteiger partial charge in [0.05, 0.1) is 12.1 Å². The molecule has 20 heavy (non-hydrogen) atoms. The SMILES string of the molecule is Cc1nn2c(c1-c1ccccc1)NC(=O)[C@@H]2CC(=O)O. The molecule has 2 aromatic rings. The molecule has 0 radical (unpaired) electrons. The largest absolute Gasteiger partial charge is 0.481 e. The second kappa shape index (κ2) is 4.48. The van der Waals surface area contributed by atoms with Crippen molar-refractivity contribution < 1.29 is 14.7 Å². The Morgan fingerprint density at radius 1 is 1.40 bits per heavy atom. The maximum atomic E-state index is 11.9. The van der Waals surface area contributed by atoms with Crippen LogP contribution in [0.1, 0.15) is 18.2 Å². The summed E-state index contributed by atoms with van der Waals surface area (Å²) in [5, 5.41) is 16.0. The number of amides is 1. The van der Waals surface area contributed by atoms with Crippen molar-refractivity contribution in [3.05, 3.63) is 36.0 Å². The second-order valence-corrected chi connectivity index (χ2v) is 4.72. The van der Waals surface area contributed by atoms with Crippen LogP contribution in [-0.2, 0) is 9.59 Å². The Morgan fingerprint density at radius 3 is 2.75 bits per heavy atom. The minimum Gasteiger partial charge on any atom is -0.481 e. The summed E-state index contributed by atoms with van der Waals surface area (Å²) >= 11 is 0. The lowest BCUT2D eigenvalue weighted by Crippen LogP contribution is -2.20. The lowest BCUT2D eigenvalue weighted by molar-refractivity contribution is -0.139. The van der Waals surface area contributed by atoms with Crippen molar-refractivity contribution in [1.82, 2.24) is 9.78 Å². The number of carboxylic acid groups (broad SMARTS) is 1. The zero-order chi connectivity index (χ0) is 14.3. The zero-order valence-electron chi connectivity index (χ0n) is 10.8. The molecule has 2 heterocycles. The summed E-state index contributed by atoms with van der Waals surface area (Å²) in [5.74, 6) is -0.774. The van der Waals surface area contributed by atoms with Crippen LogP contribution >= 0.6 is 0 Å². The summed E-state index contributed by atoms with van der Waals surface area (Å²) in [6, 6.07) is 8.81. The Bertz CT molecular complexity index is 691. The molecule has 1 aromatic heterocycles. The topological polar surface area (TPSA) is 84.2 Å². The third-order valence-electron chi connectivity index (χ3n) is 3.36. The molecular weight excluding hydrogens is 258 g/mol. The summed E-state index contributed by atoms with van der Waals surface area (Å²) in [7, 11) is 0. The van der Waals surface area contributed by atoms with E-state index in [1.54, 1.807) is 0 Å². The number of hydrogen-bond acceptors (Lipinski definition) is 3. The molecule has 3 rings (SSSR count). The van der Waals surface area contributed by atoms with Crippen molar-refractivity contribution in [2.45, 2.75) is 19.4 Å². The lowest BCUT2D eigenvalue weighted by atomic mass is 10.1. The van der Waals surface area contributed by atoms with Gasteiger partial charge in [0.2, 0.25) is 0 Å². The van der Waals surface area contributed by atoms with Crippen molar-refractivity contribution in [2.24, 2.45) is 0 Å². The molecule has 0 spiro atoms. The number of benzene rings is 1. The summed E-state index contributed by atoms with van der Waals surface area (Å²) < 4.78 is 1.48. The molecule has 2 N–H and O–H groups in total. The molecule has 0 fully saturated rings. The van der Waals surface area contributed by atoms with Crippen LogP contribution in [0.3, 0.4) is 0 Å². The van der Waals surface area contributed by atoms with Gasteiger partial charge in [-0.3, -0.25) is 9.59 Å². The molecule has 1 amide bonds. The van der Waals surface area contributed by atoms with Crippen LogP contribution in [0.15, 0.2) is 30.3 Å². The van der Waals surface area contributed by atoms with Crippen LogP contribution in [-0.4, -0.2) is 26.8 Å². The van der Waals surface area contributed by atoms with Crippen LogP contribution in [0.5, 0.6) is 0 Å². The van der Waals surface area contributed by atoms with E-state index in [4.69, 9.17) is 5.11 Å². The van der Waals surface area contributed by atoms with Crippen LogP contribution < -0.4 is 5.32 Å². The van der Waals surface area contributed by atoms with Gasteiger partial charge >= 0.3 is 5.97 Å². The van der Waals surface area contributed by atoms with E-state index < -0.39 is 12.0 Å². The number of nitrogens with one attached hydrogen (secondary N) is 1. The fraction of sp³-hybridized carbons (Fsp3) is 0.214. The van der Waals surface area contributed by atoms with Crippen molar-refractivity contribution in [2.75, 3.05) is 5.32 Å². The standard InChI is InChI=1S/C14H13N3O3/c1-8-12(9-5-3-2-4-6-9)13-15-14(20)10(7-11(18)19)17(13)16-8/h2-6,10H,7H2,1H3,(H,15,20)(H,18,19)/t10-/m0/s1. The molecule has 0 bridgehead atoms. The van der Waals surface area contributed by atoms with Gasteiger partial charge in [0.15, 0.2) is 0 Å². The first-order valence-corrected chi connectivity index (χ1v) is 6.25. The number of aliphatic carboxylic acids is 1. The van der Waals surface area contributed by atoms with Crippen LogP contribution in [0.25, 0.3) is 11.1 Å². The van der Waals surface area contributed by atoms with Gasteiger partial charge < -0.3 is 10.4 Å².